The fourth-order valence-corrected chi connectivity index (χ4v) is 3.39. The lowest BCUT2D eigenvalue weighted by Crippen LogP contribution is -2.46. The van der Waals surface area contributed by atoms with E-state index in [1.54, 1.807) is 0 Å². The Balaban J connectivity index is 1.81. The summed E-state index contributed by atoms with van der Waals surface area (Å²) in [7, 11) is -0.798. The molecule has 0 saturated carbocycles. The maximum Gasteiger partial charge on any atom is 0.180 e. The molecule has 1 aliphatic rings. The highest BCUT2D eigenvalue weighted by Crippen LogP contribution is 2.14. The molecule has 1 atom stereocenters. The molecule has 0 bridgehead atoms. The third kappa shape index (κ3) is 3.48. The van der Waals surface area contributed by atoms with Gasteiger partial charge in [-0.15, -0.1) is 11.3 Å². The third-order valence-electron chi connectivity index (χ3n) is 2.82. The summed E-state index contributed by atoms with van der Waals surface area (Å²) in [6.07, 6.45) is 0. The van der Waals surface area contributed by atoms with E-state index in [-0.39, 0.29) is 0 Å². The maximum atomic E-state index is 11.6. The van der Waals surface area contributed by atoms with Crippen LogP contribution in [-0.4, -0.2) is 50.3 Å². The Kier molecular flexibility index (Phi) is 4.49. The molecular formula is C10H18N4OS2. The molecular weight excluding hydrogens is 256 g/mol. The predicted molar refractivity (Wildman–Crippen MR) is 72.1 cm³/mol. The van der Waals surface area contributed by atoms with Gasteiger partial charge in [-0.1, -0.05) is 6.92 Å². The van der Waals surface area contributed by atoms with Crippen LogP contribution in [0.2, 0.25) is 0 Å². The van der Waals surface area contributed by atoms with E-state index in [1.165, 1.54) is 11.3 Å². The molecule has 0 radical (unpaired) electrons. The van der Waals surface area contributed by atoms with E-state index >= 15 is 0 Å². The molecule has 17 heavy (non-hydrogen) atoms. The molecule has 1 aliphatic heterocycles. The van der Waals surface area contributed by atoms with E-state index in [4.69, 9.17) is 5.73 Å². The van der Waals surface area contributed by atoms with E-state index in [2.05, 4.69) is 9.88 Å². The van der Waals surface area contributed by atoms with Crippen LogP contribution in [0.1, 0.15) is 12.6 Å². The molecule has 1 unspecified atom stereocenters. The molecule has 1 saturated heterocycles. The number of nitrogen functional groups attached to an aromatic ring is 1. The van der Waals surface area contributed by atoms with E-state index in [1.807, 2.05) is 16.6 Å². The Morgan fingerprint density at radius 1 is 1.47 bits per heavy atom. The summed E-state index contributed by atoms with van der Waals surface area (Å²) in [4.78, 5) is 6.59. The molecule has 1 aromatic heterocycles. The summed E-state index contributed by atoms with van der Waals surface area (Å²) in [6.45, 7) is 6.45. The lowest BCUT2D eigenvalue weighted by Gasteiger charge is -2.33. The molecule has 1 fully saturated rings. The van der Waals surface area contributed by atoms with Gasteiger partial charge in [0.2, 0.25) is 0 Å². The zero-order valence-electron chi connectivity index (χ0n) is 9.96. The molecule has 2 N–H and O–H groups in total. The van der Waals surface area contributed by atoms with Gasteiger partial charge < -0.3 is 5.73 Å². The van der Waals surface area contributed by atoms with Crippen LogP contribution < -0.4 is 5.73 Å². The van der Waals surface area contributed by atoms with Gasteiger partial charge in [0.1, 0.15) is 0 Å². The number of nitrogens with two attached hydrogens (primary N) is 1. The van der Waals surface area contributed by atoms with Crippen LogP contribution in [0.4, 0.5) is 5.13 Å². The second-order valence-corrected chi connectivity index (χ2v) is 6.62. The number of anilines is 1. The van der Waals surface area contributed by atoms with Crippen molar-refractivity contribution < 1.29 is 4.21 Å². The number of nitrogens with zero attached hydrogens (tertiary/aromatic N) is 3. The maximum absolute atomic E-state index is 11.6. The van der Waals surface area contributed by atoms with Crippen molar-refractivity contribution in [3.05, 3.63) is 11.1 Å². The van der Waals surface area contributed by atoms with E-state index in [0.717, 1.165) is 38.4 Å². The molecule has 0 aromatic carbocycles. The van der Waals surface area contributed by atoms with Crippen LogP contribution >= 0.6 is 11.3 Å². The summed E-state index contributed by atoms with van der Waals surface area (Å²) >= 11 is 1.48. The van der Waals surface area contributed by atoms with Crippen LogP contribution in [0.5, 0.6) is 0 Å². The highest BCUT2D eigenvalue weighted by atomic mass is 32.2. The Hall–Kier alpha value is -0.500. The Labute approximate surface area is 108 Å². The number of thiazole rings is 1. The summed E-state index contributed by atoms with van der Waals surface area (Å²) in [5.41, 5.74) is 6.64. The number of aromatic nitrogens is 1. The summed E-state index contributed by atoms with van der Waals surface area (Å²) < 4.78 is 13.7. The van der Waals surface area contributed by atoms with Gasteiger partial charge >= 0.3 is 0 Å². The van der Waals surface area contributed by atoms with Crippen molar-refractivity contribution in [1.82, 2.24) is 14.2 Å². The zero-order chi connectivity index (χ0) is 12.3. The van der Waals surface area contributed by atoms with Crippen LogP contribution in [0.25, 0.3) is 0 Å². The monoisotopic (exact) mass is 274 g/mol. The van der Waals surface area contributed by atoms with Crippen LogP contribution in [0, 0.1) is 0 Å². The normalized spacial score (nSPS) is 20.5. The second-order valence-electron chi connectivity index (χ2n) is 3.99. The van der Waals surface area contributed by atoms with Gasteiger partial charge in [0.15, 0.2) is 5.13 Å². The highest BCUT2D eigenvalue weighted by molar-refractivity contribution is 7.82. The first kappa shape index (κ1) is 12.9. The lowest BCUT2D eigenvalue weighted by atomic mass is 10.3. The molecule has 5 nitrogen and oxygen atoms in total. The molecule has 1 aromatic rings. The SMILES string of the molecule is CCS(=O)N1CCN(Cc2csc(N)n2)CC1. The van der Waals surface area contributed by atoms with Gasteiger partial charge in [-0.3, -0.25) is 4.90 Å². The Morgan fingerprint density at radius 2 is 2.18 bits per heavy atom. The fourth-order valence-electron chi connectivity index (χ4n) is 1.90. The average molecular weight is 274 g/mol. The number of hydrogen-bond donors (Lipinski definition) is 1. The van der Waals surface area contributed by atoms with Crippen molar-refractivity contribution >= 4 is 27.5 Å². The smallest absolute Gasteiger partial charge is 0.180 e. The molecule has 2 heterocycles. The number of piperazine rings is 1. The molecule has 96 valence electrons. The van der Waals surface area contributed by atoms with E-state index in [0.29, 0.717) is 10.9 Å². The van der Waals surface area contributed by atoms with Crippen molar-refractivity contribution in [2.24, 2.45) is 0 Å². The van der Waals surface area contributed by atoms with Crippen molar-refractivity contribution in [3.8, 4) is 0 Å². The van der Waals surface area contributed by atoms with Gasteiger partial charge in [-0.05, 0) is 0 Å². The second kappa shape index (κ2) is 5.90. The van der Waals surface area contributed by atoms with Crippen molar-refractivity contribution in [2.75, 3.05) is 37.7 Å². The Bertz CT molecular complexity index is 387. The lowest BCUT2D eigenvalue weighted by molar-refractivity contribution is 0.184. The van der Waals surface area contributed by atoms with Crippen molar-refractivity contribution in [1.29, 1.82) is 0 Å². The summed E-state index contributed by atoms with van der Waals surface area (Å²) in [5.74, 6) is 0.711. The summed E-state index contributed by atoms with van der Waals surface area (Å²) in [6, 6.07) is 0. The number of hydrogen-bond acceptors (Lipinski definition) is 5. The minimum atomic E-state index is -0.798. The topological polar surface area (TPSA) is 62.5 Å². The first-order valence-corrected chi connectivity index (χ1v) is 7.90. The number of rotatable bonds is 4. The molecule has 0 amide bonds. The summed E-state index contributed by atoms with van der Waals surface area (Å²) in [5, 5.41) is 2.64. The molecule has 0 aliphatic carbocycles. The van der Waals surface area contributed by atoms with Gasteiger partial charge in [0, 0.05) is 43.9 Å². The minimum absolute atomic E-state index is 0.630. The predicted octanol–water partition coefficient (Wildman–Crippen LogP) is 0.526. The fraction of sp³-hybridized carbons (Fsp3) is 0.700. The van der Waals surface area contributed by atoms with Gasteiger partial charge in [-0.2, -0.15) is 0 Å². The van der Waals surface area contributed by atoms with Crippen molar-refractivity contribution in [2.45, 2.75) is 13.5 Å². The van der Waals surface area contributed by atoms with Gasteiger partial charge in [-0.25, -0.2) is 13.5 Å². The van der Waals surface area contributed by atoms with Crippen LogP contribution in [0.3, 0.4) is 0 Å². The van der Waals surface area contributed by atoms with Gasteiger partial charge in [0.05, 0.1) is 16.7 Å². The third-order valence-corrected chi connectivity index (χ3v) is 4.98. The quantitative estimate of drug-likeness (QED) is 0.870. The molecule has 0 spiro atoms. The van der Waals surface area contributed by atoms with E-state index in [9.17, 15) is 4.21 Å². The first-order chi connectivity index (χ1) is 8.19. The van der Waals surface area contributed by atoms with Crippen molar-refractivity contribution in [3.63, 3.8) is 0 Å². The molecule has 7 heteroatoms. The molecule has 2 rings (SSSR count). The first-order valence-electron chi connectivity index (χ1n) is 5.74. The highest BCUT2D eigenvalue weighted by Gasteiger charge is 2.20. The average Bonchev–Trinajstić information content (AvgIpc) is 2.75. The van der Waals surface area contributed by atoms with Crippen LogP contribution in [0.15, 0.2) is 5.38 Å². The van der Waals surface area contributed by atoms with Gasteiger partial charge in [0.25, 0.3) is 0 Å². The van der Waals surface area contributed by atoms with E-state index < -0.39 is 11.0 Å². The largest absolute Gasteiger partial charge is 0.375 e. The Morgan fingerprint density at radius 3 is 2.71 bits per heavy atom. The zero-order valence-corrected chi connectivity index (χ0v) is 11.6. The minimum Gasteiger partial charge on any atom is -0.375 e. The standard InChI is InChI=1S/C10H18N4OS2/c1-2-17(15)14-5-3-13(4-6-14)7-9-8-16-10(11)12-9/h8H,2-7H2,1H3,(H2,11,12). The van der Waals surface area contributed by atoms with Crippen LogP contribution in [-0.2, 0) is 17.5 Å².